The molecule has 0 saturated heterocycles. The Morgan fingerprint density at radius 1 is 1.06 bits per heavy atom. The van der Waals surface area contributed by atoms with Crippen LogP contribution >= 0.6 is 23.1 Å². The van der Waals surface area contributed by atoms with E-state index in [-0.39, 0.29) is 13.1 Å². The summed E-state index contributed by atoms with van der Waals surface area (Å²) in [6.07, 6.45) is 4.61. The average Bonchev–Trinajstić information content (AvgIpc) is 3.34. The Hall–Kier alpha value is -3.50. The fourth-order valence-electron chi connectivity index (χ4n) is 3.79. The van der Waals surface area contributed by atoms with Gasteiger partial charge in [-0.1, -0.05) is 30.0 Å². The van der Waals surface area contributed by atoms with Crippen LogP contribution < -0.4 is 18.9 Å². The molecule has 4 rings (SSSR count). The number of aromatic nitrogens is 1. The van der Waals surface area contributed by atoms with Crippen molar-refractivity contribution in [3.05, 3.63) is 58.1 Å². The van der Waals surface area contributed by atoms with Crippen molar-refractivity contribution in [2.75, 3.05) is 25.7 Å². The van der Waals surface area contributed by atoms with E-state index in [9.17, 15) is 19.8 Å². The van der Waals surface area contributed by atoms with Gasteiger partial charge in [0.25, 0.3) is 5.01 Å². The lowest BCUT2D eigenvalue weighted by molar-refractivity contribution is -0.657. The van der Waals surface area contributed by atoms with E-state index in [0.29, 0.717) is 17.9 Å². The van der Waals surface area contributed by atoms with Gasteiger partial charge in [0.2, 0.25) is 12.1 Å². The molecular weight excluding hydrogens is 488 g/mol. The summed E-state index contributed by atoms with van der Waals surface area (Å²) in [7, 11) is 3.15. The van der Waals surface area contributed by atoms with Crippen LogP contribution in [0.1, 0.15) is 18.4 Å². The number of nitrogens with zero attached hydrogens (tertiary/aromatic N) is 2. The summed E-state index contributed by atoms with van der Waals surface area (Å²) < 4.78 is 13.4. The van der Waals surface area contributed by atoms with Gasteiger partial charge in [0, 0.05) is 17.0 Å². The third kappa shape index (κ3) is 5.28. The molecule has 182 valence electrons. The number of hydrogen-bond acceptors (Lipinski definition) is 7. The Morgan fingerprint density at radius 3 is 2.43 bits per heavy atom. The highest BCUT2D eigenvalue weighted by atomic mass is 32.2. The predicted molar refractivity (Wildman–Crippen MR) is 136 cm³/mol. The molecule has 2 aromatic carbocycles. The van der Waals surface area contributed by atoms with Crippen LogP contribution in [0.3, 0.4) is 0 Å². The number of rotatable bonds is 9. The number of thiazole rings is 1. The molecule has 1 aromatic heterocycles. The minimum absolute atomic E-state index is 0.183. The van der Waals surface area contributed by atoms with Crippen LogP contribution in [-0.2, 0) is 16.1 Å². The van der Waals surface area contributed by atoms with Gasteiger partial charge >= 0.3 is 11.9 Å². The fourth-order valence-corrected chi connectivity index (χ4v) is 6.03. The van der Waals surface area contributed by atoms with E-state index in [1.807, 2.05) is 55.5 Å². The fraction of sp³-hybridized carbons (Fsp3) is 0.240. The summed E-state index contributed by atoms with van der Waals surface area (Å²) in [4.78, 5) is 25.9. The van der Waals surface area contributed by atoms with E-state index in [1.54, 1.807) is 23.7 Å². The molecule has 0 saturated carbocycles. The first-order valence-corrected chi connectivity index (χ1v) is 12.5. The van der Waals surface area contributed by atoms with Crippen molar-refractivity contribution in [3.8, 4) is 11.5 Å². The molecule has 0 amide bonds. The molecule has 0 aliphatic carbocycles. The smallest absolute Gasteiger partial charge is 0.370 e. The summed E-state index contributed by atoms with van der Waals surface area (Å²) >= 11 is 3.00. The maximum atomic E-state index is 11.6. The average molecular weight is 514 g/mol. The van der Waals surface area contributed by atoms with Gasteiger partial charge in [0.1, 0.15) is 22.7 Å². The number of carboxylic acid groups (broad SMARTS) is 2. The molecule has 0 spiro atoms. The molecule has 10 heteroatoms. The Labute approximate surface area is 210 Å². The highest BCUT2D eigenvalue weighted by Crippen LogP contribution is 2.47. The maximum absolute atomic E-state index is 11.6. The molecule has 2 N–H and O–H groups in total. The van der Waals surface area contributed by atoms with E-state index in [4.69, 9.17) is 9.47 Å². The number of carbonyl (C=O) groups is 2. The zero-order valence-corrected chi connectivity index (χ0v) is 21.1. The van der Waals surface area contributed by atoms with Crippen LogP contribution in [0.25, 0.3) is 16.3 Å². The van der Waals surface area contributed by atoms with Crippen molar-refractivity contribution in [2.45, 2.75) is 24.8 Å². The topological polar surface area (TPSA) is 100 Å². The molecule has 3 aromatic rings. The van der Waals surface area contributed by atoms with Crippen molar-refractivity contribution >= 4 is 57.0 Å². The zero-order valence-electron chi connectivity index (χ0n) is 19.5. The Kier molecular flexibility index (Phi) is 7.32. The Balaban J connectivity index is 1.78. The molecule has 8 nitrogen and oxygen atoms in total. The third-order valence-corrected chi connectivity index (χ3v) is 7.71. The number of thioether (sulfide) groups is 1. The quantitative estimate of drug-likeness (QED) is 0.400. The van der Waals surface area contributed by atoms with Crippen LogP contribution in [0.4, 0.5) is 5.69 Å². The molecular formula is C25H25N2O6S2+. The SMILES string of the molecule is CCC(=Cc1sc2ccc(OC)cc2[n+]1CC(=O)O)C=C1Sc2ccc(OC)cc2N1CC(=O)O. The van der Waals surface area contributed by atoms with Crippen LogP contribution in [0.2, 0.25) is 0 Å². The van der Waals surface area contributed by atoms with Gasteiger partial charge in [-0.2, -0.15) is 4.57 Å². The highest BCUT2D eigenvalue weighted by molar-refractivity contribution is 8.03. The Bertz CT molecular complexity index is 1360. The van der Waals surface area contributed by atoms with Crippen molar-refractivity contribution in [3.63, 3.8) is 0 Å². The van der Waals surface area contributed by atoms with Gasteiger partial charge in [-0.25, -0.2) is 4.79 Å². The third-order valence-electron chi connectivity index (χ3n) is 5.49. The van der Waals surface area contributed by atoms with Crippen LogP contribution in [0.15, 0.2) is 58.0 Å². The van der Waals surface area contributed by atoms with Gasteiger partial charge in [0.05, 0.1) is 31.0 Å². The minimum atomic E-state index is -0.938. The number of benzene rings is 2. The molecule has 1 aliphatic rings. The van der Waals surface area contributed by atoms with E-state index in [2.05, 4.69) is 0 Å². The van der Waals surface area contributed by atoms with Gasteiger partial charge in [-0.15, -0.1) is 0 Å². The first-order chi connectivity index (χ1) is 16.8. The monoisotopic (exact) mass is 513 g/mol. The lowest BCUT2D eigenvalue weighted by atomic mass is 10.2. The first-order valence-electron chi connectivity index (χ1n) is 10.8. The van der Waals surface area contributed by atoms with Crippen LogP contribution in [0.5, 0.6) is 11.5 Å². The highest BCUT2D eigenvalue weighted by Gasteiger charge is 2.28. The van der Waals surface area contributed by atoms with Gasteiger partial charge in [-0.05, 0) is 42.3 Å². The predicted octanol–water partition coefficient (Wildman–Crippen LogP) is 4.62. The number of fused-ring (bicyclic) bond motifs is 2. The Morgan fingerprint density at radius 2 is 1.77 bits per heavy atom. The van der Waals surface area contributed by atoms with E-state index >= 15 is 0 Å². The summed E-state index contributed by atoms with van der Waals surface area (Å²) in [5.74, 6) is -0.566. The van der Waals surface area contributed by atoms with Crippen molar-refractivity contribution < 1.29 is 33.8 Å². The molecule has 0 bridgehead atoms. The standard InChI is InChI=1S/C25H24N2O6S2/c1-4-15(9-22-26(13-24(28)29)18-11-16(32-2)5-7-20(18)34-22)10-23-27(14-25(30)31)19-12-17(33-3)6-8-21(19)35-23/h5-12H,4,13-14H2,1-3H3,(H-,28,29,30,31)/p+1. The number of aliphatic carboxylic acids is 2. The summed E-state index contributed by atoms with van der Waals surface area (Å²) in [5, 5.41) is 20.6. The van der Waals surface area contributed by atoms with E-state index < -0.39 is 11.9 Å². The molecule has 0 fully saturated rings. The second-order valence-electron chi connectivity index (χ2n) is 7.72. The summed E-state index contributed by atoms with van der Waals surface area (Å²) in [5.41, 5.74) is 2.52. The maximum Gasteiger partial charge on any atom is 0.370 e. The van der Waals surface area contributed by atoms with E-state index in [0.717, 1.165) is 36.4 Å². The molecule has 0 unspecified atom stereocenters. The number of allylic oxidation sites excluding steroid dienone is 2. The molecule has 0 atom stereocenters. The normalized spacial score (nSPS) is 14.4. The second-order valence-corrected chi connectivity index (χ2v) is 9.85. The largest absolute Gasteiger partial charge is 0.497 e. The lowest BCUT2D eigenvalue weighted by Crippen LogP contribution is -2.39. The molecule has 0 radical (unpaired) electrons. The number of ether oxygens (including phenoxy) is 2. The van der Waals surface area contributed by atoms with Crippen molar-refractivity contribution in [1.82, 2.24) is 0 Å². The van der Waals surface area contributed by atoms with Crippen LogP contribution in [0, 0.1) is 0 Å². The molecule has 2 heterocycles. The molecule has 1 aliphatic heterocycles. The first kappa shape index (κ1) is 24.6. The zero-order chi connectivity index (χ0) is 25.1. The molecule has 35 heavy (non-hydrogen) atoms. The lowest BCUT2D eigenvalue weighted by Gasteiger charge is -2.18. The number of anilines is 1. The van der Waals surface area contributed by atoms with Gasteiger partial charge < -0.3 is 24.6 Å². The number of methoxy groups -OCH3 is 2. The van der Waals surface area contributed by atoms with Crippen LogP contribution in [-0.4, -0.2) is 42.9 Å². The van der Waals surface area contributed by atoms with E-state index in [1.165, 1.54) is 23.1 Å². The second kappa shape index (κ2) is 10.4. The van der Waals surface area contributed by atoms with Crippen molar-refractivity contribution in [1.29, 1.82) is 0 Å². The number of carboxylic acids is 2. The van der Waals surface area contributed by atoms with Crippen molar-refractivity contribution in [2.24, 2.45) is 0 Å². The minimum Gasteiger partial charge on any atom is -0.497 e. The summed E-state index contributed by atoms with van der Waals surface area (Å²) in [6.45, 7) is 1.65. The number of hydrogen-bond donors (Lipinski definition) is 2. The van der Waals surface area contributed by atoms with Gasteiger partial charge in [-0.3, -0.25) is 4.79 Å². The summed E-state index contributed by atoms with van der Waals surface area (Å²) in [6, 6.07) is 11.2. The van der Waals surface area contributed by atoms with Gasteiger partial charge in [0.15, 0.2) is 0 Å².